The van der Waals surface area contributed by atoms with Crippen LogP contribution >= 0.6 is 0 Å². The Morgan fingerprint density at radius 3 is 2.67 bits per heavy atom. The number of rotatable bonds is 2. The van der Waals surface area contributed by atoms with Crippen molar-refractivity contribution in [2.75, 3.05) is 5.73 Å². The predicted octanol–water partition coefficient (Wildman–Crippen LogP) is 1.63. The van der Waals surface area contributed by atoms with Crippen LogP contribution in [0.4, 0.5) is 10.1 Å². The van der Waals surface area contributed by atoms with Crippen LogP contribution in [0.2, 0.25) is 0 Å². The molecule has 94 valence electrons. The number of aromatic nitrogens is 2. The first-order valence-electron chi connectivity index (χ1n) is 5.56. The van der Waals surface area contributed by atoms with Gasteiger partial charge in [0.15, 0.2) is 0 Å². The van der Waals surface area contributed by atoms with Gasteiger partial charge in [-0.05, 0) is 31.5 Å². The zero-order valence-electron chi connectivity index (χ0n) is 10.3. The van der Waals surface area contributed by atoms with Gasteiger partial charge in [0.1, 0.15) is 11.6 Å². The van der Waals surface area contributed by atoms with E-state index < -0.39 is 0 Å². The van der Waals surface area contributed by atoms with E-state index in [9.17, 15) is 9.18 Å². The van der Waals surface area contributed by atoms with Crippen molar-refractivity contribution in [2.24, 2.45) is 0 Å². The molecule has 0 radical (unpaired) electrons. The second kappa shape index (κ2) is 4.60. The number of hydrogen-bond donors (Lipinski definition) is 1. The van der Waals surface area contributed by atoms with Crippen LogP contribution in [-0.2, 0) is 6.54 Å². The maximum absolute atomic E-state index is 12.9. The van der Waals surface area contributed by atoms with Crippen molar-refractivity contribution < 1.29 is 4.39 Å². The highest BCUT2D eigenvalue weighted by Gasteiger charge is 2.07. The lowest BCUT2D eigenvalue weighted by Gasteiger charge is -2.11. The van der Waals surface area contributed by atoms with E-state index in [0.29, 0.717) is 29.3 Å². The van der Waals surface area contributed by atoms with Gasteiger partial charge in [0.2, 0.25) is 0 Å². The van der Waals surface area contributed by atoms with Crippen LogP contribution in [0.1, 0.15) is 17.1 Å². The van der Waals surface area contributed by atoms with E-state index in [1.807, 2.05) is 0 Å². The fourth-order valence-corrected chi connectivity index (χ4v) is 1.84. The molecule has 2 rings (SSSR count). The van der Waals surface area contributed by atoms with Crippen LogP contribution in [-0.4, -0.2) is 9.55 Å². The minimum Gasteiger partial charge on any atom is -0.398 e. The molecule has 0 unspecified atom stereocenters. The van der Waals surface area contributed by atoms with E-state index in [4.69, 9.17) is 5.73 Å². The van der Waals surface area contributed by atoms with Crippen LogP contribution in [0.25, 0.3) is 0 Å². The molecular weight excluding hydrogens is 233 g/mol. The van der Waals surface area contributed by atoms with Crippen LogP contribution in [0, 0.1) is 19.7 Å². The van der Waals surface area contributed by atoms with Crippen molar-refractivity contribution in [1.82, 2.24) is 9.55 Å². The van der Waals surface area contributed by atoms with Crippen molar-refractivity contribution in [2.45, 2.75) is 20.4 Å². The molecule has 0 aliphatic rings. The van der Waals surface area contributed by atoms with Gasteiger partial charge in [-0.15, -0.1) is 0 Å². The highest BCUT2D eigenvalue weighted by molar-refractivity contribution is 5.47. The van der Waals surface area contributed by atoms with E-state index in [2.05, 4.69) is 4.98 Å². The highest BCUT2D eigenvalue weighted by atomic mass is 19.1. The zero-order chi connectivity index (χ0) is 13.3. The van der Waals surface area contributed by atoms with Gasteiger partial charge >= 0.3 is 0 Å². The molecular formula is C13H14FN3O. The van der Waals surface area contributed by atoms with E-state index in [1.54, 1.807) is 19.9 Å². The Hall–Kier alpha value is -2.17. The molecule has 0 saturated carbocycles. The second-order valence-corrected chi connectivity index (χ2v) is 4.21. The van der Waals surface area contributed by atoms with E-state index in [-0.39, 0.29) is 11.4 Å². The molecule has 0 saturated heterocycles. The number of hydrogen-bond acceptors (Lipinski definition) is 3. The van der Waals surface area contributed by atoms with Crippen LogP contribution < -0.4 is 11.3 Å². The Morgan fingerprint density at radius 2 is 2.06 bits per heavy atom. The van der Waals surface area contributed by atoms with E-state index >= 15 is 0 Å². The Bertz CT molecular complexity index is 649. The van der Waals surface area contributed by atoms with Crippen molar-refractivity contribution in [1.29, 1.82) is 0 Å². The molecule has 1 heterocycles. The van der Waals surface area contributed by atoms with Crippen molar-refractivity contribution >= 4 is 5.69 Å². The van der Waals surface area contributed by atoms with Crippen LogP contribution in [0.15, 0.2) is 29.1 Å². The smallest absolute Gasteiger partial charge is 0.254 e. The average Bonchev–Trinajstić information content (AvgIpc) is 2.25. The van der Waals surface area contributed by atoms with Gasteiger partial charge in [-0.3, -0.25) is 9.36 Å². The van der Waals surface area contributed by atoms with Gasteiger partial charge in [-0.25, -0.2) is 9.37 Å². The molecule has 4 nitrogen and oxygen atoms in total. The Balaban J connectivity index is 2.43. The van der Waals surface area contributed by atoms with E-state index in [0.717, 1.165) is 0 Å². The summed E-state index contributed by atoms with van der Waals surface area (Å²) in [7, 11) is 0. The third-order valence-corrected chi connectivity index (χ3v) is 2.76. The lowest BCUT2D eigenvalue weighted by atomic mass is 10.1. The van der Waals surface area contributed by atoms with Gasteiger partial charge in [0.25, 0.3) is 5.56 Å². The molecule has 1 aromatic carbocycles. The number of anilines is 1. The lowest BCUT2D eigenvalue weighted by Crippen LogP contribution is -2.24. The Kier molecular flexibility index (Phi) is 3.14. The molecule has 2 aromatic rings. The standard InChI is InChI=1S/C13H14FN3O/c1-8-5-13(18)17(9(2)16-8)7-10-3-4-11(14)6-12(10)15/h3-6H,7,15H2,1-2H3. The first-order chi connectivity index (χ1) is 8.47. The number of nitrogens with zero attached hydrogens (tertiary/aromatic N) is 2. The van der Waals surface area contributed by atoms with Crippen molar-refractivity contribution in [3.8, 4) is 0 Å². The maximum Gasteiger partial charge on any atom is 0.254 e. The average molecular weight is 247 g/mol. The monoisotopic (exact) mass is 247 g/mol. The SMILES string of the molecule is Cc1cc(=O)n(Cc2ccc(F)cc2N)c(C)n1. The number of benzene rings is 1. The minimum absolute atomic E-state index is 0.135. The molecule has 5 heteroatoms. The number of halogens is 1. The Morgan fingerprint density at radius 1 is 1.33 bits per heavy atom. The first-order valence-corrected chi connectivity index (χ1v) is 5.56. The van der Waals surface area contributed by atoms with Gasteiger partial charge < -0.3 is 5.73 Å². The van der Waals surface area contributed by atoms with Crippen LogP contribution in [0.3, 0.4) is 0 Å². The summed E-state index contributed by atoms with van der Waals surface area (Å²) in [5.41, 5.74) is 7.31. The quantitative estimate of drug-likeness (QED) is 0.820. The topological polar surface area (TPSA) is 60.9 Å². The predicted molar refractivity (Wildman–Crippen MR) is 67.9 cm³/mol. The largest absolute Gasteiger partial charge is 0.398 e. The molecule has 0 amide bonds. The van der Waals surface area contributed by atoms with Crippen LogP contribution in [0.5, 0.6) is 0 Å². The molecule has 0 atom stereocenters. The third kappa shape index (κ3) is 2.40. The summed E-state index contributed by atoms with van der Waals surface area (Å²) in [4.78, 5) is 16.1. The Labute approximate surface area is 104 Å². The summed E-state index contributed by atoms with van der Waals surface area (Å²) < 4.78 is 14.4. The molecule has 0 aliphatic heterocycles. The normalized spacial score (nSPS) is 10.6. The van der Waals surface area contributed by atoms with Gasteiger partial charge in [-0.1, -0.05) is 6.07 Å². The first kappa shape index (κ1) is 12.3. The van der Waals surface area contributed by atoms with Gasteiger partial charge in [-0.2, -0.15) is 0 Å². The molecule has 1 aromatic heterocycles. The summed E-state index contributed by atoms with van der Waals surface area (Å²) in [5, 5.41) is 0. The summed E-state index contributed by atoms with van der Waals surface area (Å²) >= 11 is 0. The highest BCUT2D eigenvalue weighted by Crippen LogP contribution is 2.14. The molecule has 18 heavy (non-hydrogen) atoms. The lowest BCUT2D eigenvalue weighted by molar-refractivity contribution is 0.626. The van der Waals surface area contributed by atoms with Crippen molar-refractivity contribution in [3.05, 3.63) is 57.5 Å². The second-order valence-electron chi connectivity index (χ2n) is 4.21. The zero-order valence-corrected chi connectivity index (χ0v) is 10.3. The molecule has 0 fully saturated rings. The van der Waals surface area contributed by atoms with E-state index in [1.165, 1.54) is 22.8 Å². The fraction of sp³-hybridized carbons (Fsp3) is 0.231. The minimum atomic E-state index is -0.387. The summed E-state index contributed by atoms with van der Waals surface area (Å²) in [6.07, 6.45) is 0. The summed E-state index contributed by atoms with van der Waals surface area (Å²) in [6.45, 7) is 3.82. The number of aryl methyl sites for hydroxylation is 2. The fourth-order valence-electron chi connectivity index (χ4n) is 1.84. The molecule has 2 N–H and O–H groups in total. The van der Waals surface area contributed by atoms with Gasteiger partial charge in [0.05, 0.1) is 6.54 Å². The maximum atomic E-state index is 12.9. The molecule has 0 spiro atoms. The molecule has 0 aliphatic carbocycles. The van der Waals surface area contributed by atoms with Gasteiger partial charge in [0, 0.05) is 17.4 Å². The third-order valence-electron chi connectivity index (χ3n) is 2.76. The van der Waals surface area contributed by atoms with Crippen molar-refractivity contribution in [3.63, 3.8) is 0 Å². The summed E-state index contributed by atoms with van der Waals surface area (Å²) in [5.74, 6) is 0.228. The summed E-state index contributed by atoms with van der Waals surface area (Å²) in [6, 6.07) is 5.62. The number of nitrogens with two attached hydrogens (primary N) is 1. The number of nitrogen functional groups attached to an aromatic ring is 1. The molecule has 0 bridgehead atoms.